The van der Waals surface area contributed by atoms with Crippen LogP contribution in [0.25, 0.3) is 6.08 Å². The highest BCUT2D eigenvalue weighted by Crippen LogP contribution is 2.43. The highest BCUT2D eigenvalue weighted by atomic mass is 16.5. The van der Waals surface area contributed by atoms with Gasteiger partial charge in [0.2, 0.25) is 0 Å². The van der Waals surface area contributed by atoms with Gasteiger partial charge >= 0.3 is 0 Å². The van der Waals surface area contributed by atoms with Crippen molar-refractivity contribution in [3.8, 4) is 6.07 Å². The fourth-order valence-corrected chi connectivity index (χ4v) is 4.24. The molecule has 0 atom stereocenters. The fourth-order valence-electron chi connectivity index (χ4n) is 4.24. The molecule has 1 saturated carbocycles. The summed E-state index contributed by atoms with van der Waals surface area (Å²) in [6, 6.07) is 6.62. The number of pyridine rings is 1. The molecular weight excluding hydrogens is 352 g/mol. The van der Waals surface area contributed by atoms with E-state index in [-0.39, 0.29) is 0 Å². The van der Waals surface area contributed by atoms with Crippen molar-refractivity contribution in [3.05, 3.63) is 36.0 Å². The molecule has 1 aliphatic carbocycles. The lowest BCUT2D eigenvalue weighted by atomic mass is 9.69. The molecule has 0 spiro atoms. The van der Waals surface area contributed by atoms with Crippen LogP contribution in [0.2, 0.25) is 0 Å². The summed E-state index contributed by atoms with van der Waals surface area (Å²) < 4.78 is 5.50. The molecule has 7 nitrogen and oxygen atoms in total. The normalized spacial score (nSPS) is 19.0. The van der Waals surface area contributed by atoms with Gasteiger partial charge in [-0.25, -0.2) is 4.98 Å². The summed E-state index contributed by atoms with van der Waals surface area (Å²) in [4.78, 5) is 7.12. The van der Waals surface area contributed by atoms with Crippen molar-refractivity contribution in [1.29, 1.82) is 5.26 Å². The van der Waals surface area contributed by atoms with E-state index < -0.39 is 5.41 Å². The van der Waals surface area contributed by atoms with Gasteiger partial charge in [0.25, 0.3) is 0 Å². The van der Waals surface area contributed by atoms with Gasteiger partial charge in [-0.15, -0.1) is 0 Å². The first-order valence-corrected chi connectivity index (χ1v) is 9.94. The number of nitrogens with zero attached hydrogens (tertiary/aromatic N) is 4. The first-order chi connectivity index (χ1) is 13.8. The smallest absolute Gasteiger partial charge is 0.141 e. The van der Waals surface area contributed by atoms with E-state index in [1.807, 2.05) is 12.1 Å². The minimum absolute atomic E-state index is 0.490. The van der Waals surface area contributed by atoms with E-state index >= 15 is 0 Å². The monoisotopic (exact) mass is 378 g/mol. The summed E-state index contributed by atoms with van der Waals surface area (Å²) in [5, 5.41) is 20.5. The van der Waals surface area contributed by atoms with Crippen molar-refractivity contribution in [1.82, 2.24) is 15.2 Å². The fraction of sp³-hybridized carbons (Fsp3) is 0.476. The van der Waals surface area contributed by atoms with Crippen LogP contribution in [0.15, 0.2) is 24.9 Å². The number of aromatic nitrogens is 3. The predicted molar refractivity (Wildman–Crippen MR) is 110 cm³/mol. The summed E-state index contributed by atoms with van der Waals surface area (Å²) in [5.41, 5.74) is 1.44. The summed E-state index contributed by atoms with van der Waals surface area (Å²) >= 11 is 0. The van der Waals surface area contributed by atoms with Crippen molar-refractivity contribution < 1.29 is 4.74 Å². The average Bonchev–Trinajstić information content (AvgIpc) is 3.27. The number of nitrogens with one attached hydrogen (secondary N) is 2. The quantitative estimate of drug-likeness (QED) is 0.823. The molecule has 1 aliphatic heterocycles. The first kappa shape index (κ1) is 18.5. The van der Waals surface area contributed by atoms with Gasteiger partial charge in [0.15, 0.2) is 0 Å². The second kappa shape index (κ2) is 8.03. The number of hydrogen-bond donors (Lipinski definition) is 2. The van der Waals surface area contributed by atoms with Crippen LogP contribution in [0, 0.1) is 11.3 Å². The molecule has 3 heterocycles. The molecule has 7 heteroatoms. The second-order valence-electron chi connectivity index (χ2n) is 7.44. The van der Waals surface area contributed by atoms with E-state index in [0.717, 1.165) is 61.5 Å². The van der Waals surface area contributed by atoms with E-state index in [4.69, 9.17) is 9.72 Å². The minimum atomic E-state index is -0.490. The van der Waals surface area contributed by atoms with Crippen molar-refractivity contribution in [2.45, 2.75) is 37.5 Å². The second-order valence-corrected chi connectivity index (χ2v) is 7.44. The largest absolute Gasteiger partial charge is 0.378 e. The number of aromatic amines is 1. The van der Waals surface area contributed by atoms with Crippen LogP contribution in [-0.4, -0.2) is 41.5 Å². The number of hydrogen-bond acceptors (Lipinski definition) is 6. The Morgan fingerprint density at radius 2 is 2.07 bits per heavy atom. The number of morpholine rings is 1. The van der Waals surface area contributed by atoms with Gasteiger partial charge in [-0.1, -0.05) is 31.9 Å². The Bertz CT molecular complexity index is 858. The lowest BCUT2D eigenvalue weighted by Crippen LogP contribution is -2.37. The van der Waals surface area contributed by atoms with Crippen LogP contribution in [-0.2, 0) is 10.2 Å². The minimum Gasteiger partial charge on any atom is -0.378 e. The first-order valence-electron chi connectivity index (χ1n) is 9.94. The number of anilines is 3. The zero-order valence-electron chi connectivity index (χ0n) is 16.1. The molecule has 0 bridgehead atoms. The number of ether oxygens (including phenoxy) is 1. The van der Waals surface area contributed by atoms with Crippen LogP contribution >= 0.6 is 0 Å². The zero-order valence-corrected chi connectivity index (χ0v) is 16.1. The van der Waals surface area contributed by atoms with Crippen molar-refractivity contribution in [3.63, 3.8) is 0 Å². The van der Waals surface area contributed by atoms with Gasteiger partial charge < -0.3 is 15.0 Å². The summed E-state index contributed by atoms with van der Waals surface area (Å²) in [6.45, 7) is 7.00. The number of H-pyrrole nitrogens is 1. The molecule has 146 valence electrons. The highest BCUT2D eigenvalue weighted by Gasteiger charge is 2.37. The predicted octanol–water partition coefficient (Wildman–Crippen LogP) is 3.75. The third-order valence-corrected chi connectivity index (χ3v) is 5.77. The maximum absolute atomic E-state index is 10.2. The Morgan fingerprint density at radius 3 is 2.71 bits per heavy atom. The molecule has 0 aromatic carbocycles. The van der Waals surface area contributed by atoms with Gasteiger partial charge in [0.1, 0.15) is 17.5 Å². The van der Waals surface area contributed by atoms with Crippen LogP contribution < -0.4 is 10.2 Å². The van der Waals surface area contributed by atoms with E-state index in [1.54, 1.807) is 6.20 Å². The Kier molecular flexibility index (Phi) is 5.31. The van der Waals surface area contributed by atoms with E-state index in [0.29, 0.717) is 19.0 Å². The van der Waals surface area contributed by atoms with Crippen LogP contribution in [0.1, 0.15) is 43.2 Å². The molecule has 2 aromatic heterocycles. The maximum Gasteiger partial charge on any atom is 0.141 e. The maximum atomic E-state index is 10.2. The molecule has 1 saturated heterocycles. The van der Waals surface area contributed by atoms with Crippen LogP contribution in [0.4, 0.5) is 17.5 Å². The molecule has 0 unspecified atom stereocenters. The molecular formula is C21H26N6O. The molecule has 28 heavy (non-hydrogen) atoms. The number of nitriles is 1. The van der Waals surface area contributed by atoms with Crippen LogP contribution in [0.3, 0.4) is 0 Å². The average molecular weight is 378 g/mol. The topological polar surface area (TPSA) is 89.9 Å². The summed E-state index contributed by atoms with van der Waals surface area (Å²) in [6.07, 6.45) is 8.60. The molecule has 2 N–H and O–H groups in total. The van der Waals surface area contributed by atoms with Gasteiger partial charge in [-0.3, -0.25) is 5.10 Å². The van der Waals surface area contributed by atoms with Gasteiger partial charge in [-0.05, 0) is 24.5 Å². The highest BCUT2D eigenvalue weighted by molar-refractivity contribution is 5.73. The molecule has 2 fully saturated rings. The lowest BCUT2D eigenvalue weighted by Gasteiger charge is -2.35. The van der Waals surface area contributed by atoms with Crippen molar-refractivity contribution in [2.75, 3.05) is 36.5 Å². The molecule has 2 aliphatic rings. The standard InChI is InChI=1S/C21H26N6O/c1-2-16-17(21(15-22)7-4-3-5-8-21)14-19(27-10-12-28-13-11-27)25-20(16)24-18-6-9-23-26-18/h2,6,9,14H,1,3-5,7-8,10-13H2,(H2,23,24,25,26). The lowest BCUT2D eigenvalue weighted by molar-refractivity contribution is 0.122. The Hall–Kier alpha value is -2.85. The molecule has 0 radical (unpaired) electrons. The molecule has 0 amide bonds. The molecule has 2 aromatic rings. The summed E-state index contributed by atoms with van der Waals surface area (Å²) in [7, 11) is 0. The van der Waals surface area contributed by atoms with Gasteiger partial charge in [-0.2, -0.15) is 10.4 Å². The van der Waals surface area contributed by atoms with Gasteiger partial charge in [0.05, 0.1) is 30.9 Å². The van der Waals surface area contributed by atoms with Crippen LogP contribution in [0.5, 0.6) is 0 Å². The Morgan fingerprint density at radius 1 is 1.29 bits per heavy atom. The zero-order chi connectivity index (χ0) is 19.4. The van der Waals surface area contributed by atoms with Gasteiger partial charge in [0, 0.05) is 24.7 Å². The Labute approximate surface area is 165 Å². The van der Waals surface area contributed by atoms with Crippen molar-refractivity contribution in [2.24, 2.45) is 0 Å². The number of rotatable bonds is 5. The summed E-state index contributed by atoms with van der Waals surface area (Å²) in [5.74, 6) is 2.35. The van der Waals surface area contributed by atoms with Crippen molar-refractivity contribution >= 4 is 23.5 Å². The third-order valence-electron chi connectivity index (χ3n) is 5.77. The molecule has 4 rings (SSSR count). The Balaban J connectivity index is 1.84. The van der Waals surface area contributed by atoms with E-state index in [2.05, 4.69) is 39.1 Å². The third kappa shape index (κ3) is 3.48. The van der Waals surface area contributed by atoms with E-state index in [1.165, 1.54) is 6.42 Å². The SMILES string of the molecule is C=Cc1c(C2(C#N)CCCCC2)cc(N2CCOCC2)nc1Nc1ccn[nH]1. The van der Waals surface area contributed by atoms with E-state index in [9.17, 15) is 5.26 Å².